The molecule has 5 nitrogen and oxygen atoms in total. The van der Waals surface area contributed by atoms with E-state index < -0.39 is 36.4 Å². The fraction of sp³-hybridized carbons (Fsp3) is 0.333. The van der Waals surface area contributed by atoms with Crippen LogP contribution in [0.2, 0.25) is 0 Å². The first-order chi connectivity index (χ1) is 12.2. The Morgan fingerprint density at radius 3 is 2.35 bits per heavy atom. The zero-order chi connectivity index (χ0) is 19.1. The number of ether oxygens (including phenoxy) is 1. The zero-order valence-corrected chi connectivity index (χ0v) is 13.8. The summed E-state index contributed by atoms with van der Waals surface area (Å²) in [6, 6.07) is 9.94. The summed E-state index contributed by atoms with van der Waals surface area (Å²) in [5, 5.41) is 10.3. The lowest BCUT2D eigenvalue weighted by molar-refractivity contribution is -0.227. The van der Waals surface area contributed by atoms with Crippen LogP contribution in [-0.2, 0) is 4.79 Å². The van der Waals surface area contributed by atoms with Gasteiger partial charge in [-0.3, -0.25) is 9.59 Å². The molecule has 0 bridgehead atoms. The first-order valence-electron chi connectivity index (χ1n) is 7.86. The lowest BCUT2D eigenvalue weighted by Gasteiger charge is -2.27. The topological polar surface area (TPSA) is 66.8 Å². The number of fused-ring (bicyclic) bond motifs is 1. The minimum Gasteiger partial charge on any atom is -0.496 e. The van der Waals surface area contributed by atoms with Gasteiger partial charge in [-0.05, 0) is 23.9 Å². The van der Waals surface area contributed by atoms with E-state index in [-0.39, 0.29) is 12.1 Å². The van der Waals surface area contributed by atoms with Crippen molar-refractivity contribution in [1.82, 2.24) is 4.90 Å². The molecule has 0 spiro atoms. The Labute approximate surface area is 147 Å². The van der Waals surface area contributed by atoms with E-state index in [9.17, 15) is 22.8 Å². The number of hydrogen-bond acceptors (Lipinski definition) is 3. The summed E-state index contributed by atoms with van der Waals surface area (Å²) in [5.74, 6) is -2.05. The van der Waals surface area contributed by atoms with Crippen molar-refractivity contribution < 1.29 is 32.6 Å². The smallest absolute Gasteiger partial charge is 0.406 e. The Bertz CT molecular complexity index is 880. The van der Waals surface area contributed by atoms with E-state index >= 15 is 0 Å². The minimum absolute atomic E-state index is 0.213. The maximum Gasteiger partial charge on any atom is 0.406 e. The largest absolute Gasteiger partial charge is 0.496 e. The van der Waals surface area contributed by atoms with E-state index in [1.165, 1.54) is 13.2 Å². The number of hydrogen-bond donors (Lipinski definition) is 1. The average Bonchev–Trinajstić information content (AvgIpc) is 3.07. The van der Waals surface area contributed by atoms with Gasteiger partial charge in [-0.15, -0.1) is 0 Å². The number of halogens is 3. The average molecular weight is 367 g/mol. The van der Waals surface area contributed by atoms with Gasteiger partial charge in [-0.25, -0.2) is 0 Å². The van der Waals surface area contributed by atoms with Crippen molar-refractivity contribution in [3.05, 3.63) is 42.0 Å². The molecule has 0 aliphatic carbocycles. The summed E-state index contributed by atoms with van der Waals surface area (Å²) in [6.07, 6.45) is -5.60. The highest BCUT2D eigenvalue weighted by Gasteiger charge is 2.64. The number of aliphatic carboxylic acids is 1. The molecule has 0 radical (unpaired) electrons. The second-order valence-corrected chi connectivity index (χ2v) is 6.22. The number of alkyl halides is 3. The molecule has 1 fully saturated rings. The van der Waals surface area contributed by atoms with Gasteiger partial charge in [0.2, 0.25) is 0 Å². The number of methoxy groups -OCH3 is 1. The third-order valence-electron chi connectivity index (χ3n) is 4.84. The lowest BCUT2D eigenvalue weighted by atomic mass is 9.86. The van der Waals surface area contributed by atoms with E-state index in [1.807, 2.05) is 0 Å². The highest BCUT2D eigenvalue weighted by molar-refractivity contribution is 6.08. The number of nitrogens with zero attached hydrogens (tertiary/aromatic N) is 1. The third-order valence-corrected chi connectivity index (χ3v) is 4.84. The number of benzene rings is 2. The molecule has 2 aromatic carbocycles. The van der Waals surface area contributed by atoms with Crippen LogP contribution < -0.4 is 4.74 Å². The Morgan fingerprint density at radius 1 is 1.15 bits per heavy atom. The van der Waals surface area contributed by atoms with Crippen molar-refractivity contribution in [2.45, 2.75) is 12.6 Å². The normalized spacial score (nSPS) is 20.4. The van der Waals surface area contributed by atoms with Crippen LogP contribution in [0.15, 0.2) is 36.4 Å². The van der Waals surface area contributed by atoms with Gasteiger partial charge >= 0.3 is 12.1 Å². The first kappa shape index (κ1) is 18.0. The fourth-order valence-corrected chi connectivity index (χ4v) is 3.32. The lowest BCUT2D eigenvalue weighted by Crippen LogP contribution is -2.47. The van der Waals surface area contributed by atoms with Gasteiger partial charge in [0.1, 0.15) is 5.75 Å². The van der Waals surface area contributed by atoms with Gasteiger partial charge in [-0.1, -0.05) is 24.3 Å². The zero-order valence-electron chi connectivity index (χ0n) is 13.8. The number of carbonyl (C=O) groups excluding carboxylic acids is 1. The second kappa shape index (κ2) is 6.19. The molecule has 26 heavy (non-hydrogen) atoms. The fourth-order valence-electron chi connectivity index (χ4n) is 3.32. The van der Waals surface area contributed by atoms with E-state index in [0.29, 0.717) is 16.5 Å². The number of rotatable bonds is 3. The Morgan fingerprint density at radius 2 is 1.81 bits per heavy atom. The molecule has 1 amide bonds. The Balaban J connectivity index is 1.99. The van der Waals surface area contributed by atoms with Crippen LogP contribution in [0, 0.1) is 5.41 Å². The molecule has 2 aromatic rings. The monoisotopic (exact) mass is 367 g/mol. The molecule has 1 atom stereocenters. The van der Waals surface area contributed by atoms with E-state index in [2.05, 4.69) is 0 Å². The molecule has 1 aliphatic heterocycles. The summed E-state index contributed by atoms with van der Waals surface area (Å²) in [4.78, 5) is 25.1. The number of carboxylic acid groups (broad SMARTS) is 1. The van der Waals surface area contributed by atoms with Gasteiger partial charge in [0.15, 0.2) is 5.41 Å². The van der Waals surface area contributed by atoms with Crippen LogP contribution in [-0.4, -0.2) is 48.3 Å². The molecular formula is C18H16F3NO4. The summed E-state index contributed by atoms with van der Waals surface area (Å²) in [7, 11) is 1.48. The summed E-state index contributed by atoms with van der Waals surface area (Å²) in [6.45, 7) is -1.17. The molecular weight excluding hydrogens is 351 g/mol. The molecule has 1 N–H and O–H groups in total. The molecule has 0 saturated carbocycles. The van der Waals surface area contributed by atoms with Gasteiger partial charge < -0.3 is 14.7 Å². The summed E-state index contributed by atoms with van der Waals surface area (Å²) < 4.78 is 45.2. The highest BCUT2D eigenvalue weighted by atomic mass is 19.4. The summed E-state index contributed by atoms with van der Waals surface area (Å²) in [5.41, 5.74) is -2.71. The number of carboxylic acids is 1. The van der Waals surface area contributed by atoms with Crippen molar-refractivity contribution in [3.8, 4) is 5.75 Å². The molecule has 3 rings (SSSR count). The standard InChI is InChI=1S/C18H16F3NO4/c1-26-14-7-6-13(11-4-2-3-5-12(11)14)15(23)22-9-8-17(10-22,16(24)25)18(19,20)21/h2-7H,8-10H2,1H3,(H,24,25). The van der Waals surface area contributed by atoms with Crippen LogP contribution in [0.1, 0.15) is 16.8 Å². The minimum atomic E-state index is -4.93. The highest BCUT2D eigenvalue weighted by Crippen LogP contribution is 2.46. The molecule has 0 aromatic heterocycles. The first-order valence-corrected chi connectivity index (χ1v) is 7.86. The predicted octanol–water partition coefficient (Wildman–Crippen LogP) is 3.33. The summed E-state index contributed by atoms with van der Waals surface area (Å²) >= 11 is 0. The van der Waals surface area contributed by atoms with Crippen molar-refractivity contribution >= 4 is 22.6 Å². The van der Waals surface area contributed by atoms with Crippen molar-refractivity contribution in [1.29, 1.82) is 0 Å². The van der Waals surface area contributed by atoms with Gasteiger partial charge in [0.25, 0.3) is 5.91 Å². The second-order valence-electron chi connectivity index (χ2n) is 6.22. The molecule has 1 unspecified atom stereocenters. The Hall–Kier alpha value is -2.77. The van der Waals surface area contributed by atoms with Crippen molar-refractivity contribution in [3.63, 3.8) is 0 Å². The van der Waals surface area contributed by atoms with Gasteiger partial charge in [0, 0.05) is 24.0 Å². The van der Waals surface area contributed by atoms with Crippen molar-refractivity contribution in [2.75, 3.05) is 20.2 Å². The van der Waals surface area contributed by atoms with E-state index in [0.717, 1.165) is 4.90 Å². The van der Waals surface area contributed by atoms with Gasteiger partial charge in [-0.2, -0.15) is 13.2 Å². The Kier molecular flexibility index (Phi) is 4.29. The molecule has 1 heterocycles. The molecule has 1 saturated heterocycles. The quantitative estimate of drug-likeness (QED) is 0.904. The van der Waals surface area contributed by atoms with Crippen LogP contribution in [0.25, 0.3) is 10.8 Å². The maximum atomic E-state index is 13.3. The molecule has 1 aliphatic rings. The SMILES string of the molecule is COc1ccc(C(=O)N2CCC(C(=O)O)(C(F)(F)F)C2)c2ccccc12. The van der Waals surface area contributed by atoms with Crippen molar-refractivity contribution in [2.24, 2.45) is 5.41 Å². The van der Waals surface area contributed by atoms with Gasteiger partial charge in [0.05, 0.1) is 7.11 Å². The molecule has 138 valence electrons. The van der Waals surface area contributed by atoms with Crippen LogP contribution in [0.4, 0.5) is 13.2 Å². The van der Waals surface area contributed by atoms with Crippen LogP contribution in [0.3, 0.4) is 0 Å². The molecule has 8 heteroatoms. The number of amides is 1. The number of carbonyl (C=O) groups is 2. The van der Waals surface area contributed by atoms with Crippen LogP contribution >= 0.6 is 0 Å². The van der Waals surface area contributed by atoms with Crippen LogP contribution in [0.5, 0.6) is 5.75 Å². The van der Waals surface area contributed by atoms with E-state index in [1.54, 1.807) is 30.3 Å². The van der Waals surface area contributed by atoms with E-state index in [4.69, 9.17) is 9.84 Å². The predicted molar refractivity (Wildman–Crippen MR) is 87.1 cm³/mol. The number of likely N-dealkylation sites (tertiary alicyclic amines) is 1. The third kappa shape index (κ3) is 2.65. The maximum absolute atomic E-state index is 13.3.